The van der Waals surface area contributed by atoms with Gasteiger partial charge in [0.25, 0.3) is 5.91 Å². The van der Waals surface area contributed by atoms with Crippen molar-refractivity contribution < 1.29 is 14.4 Å². The van der Waals surface area contributed by atoms with E-state index in [1.165, 1.54) is 4.90 Å². The SMILES string of the molecule is CC(C)NC(=O)C(C)N(Cc1ccc(Cl)cc1Cl)C(=O)CCCN1C(=O)c2cccc3cccc1c23. The molecular weight excluding hydrogens is 497 g/mol. The molecule has 8 heteroatoms. The van der Waals surface area contributed by atoms with Gasteiger partial charge in [-0.3, -0.25) is 14.4 Å². The summed E-state index contributed by atoms with van der Waals surface area (Å²) in [6, 6.07) is 15.9. The normalized spacial score (nSPS) is 13.4. The van der Waals surface area contributed by atoms with Crippen LogP contribution in [0.4, 0.5) is 5.69 Å². The van der Waals surface area contributed by atoms with E-state index in [-0.39, 0.29) is 36.7 Å². The Hall–Kier alpha value is -3.09. The first kappa shape index (κ1) is 26.0. The van der Waals surface area contributed by atoms with Crippen LogP contribution in [0.15, 0.2) is 54.6 Å². The highest BCUT2D eigenvalue weighted by Gasteiger charge is 2.30. The fourth-order valence-electron chi connectivity index (χ4n) is 4.55. The van der Waals surface area contributed by atoms with Gasteiger partial charge in [-0.1, -0.05) is 53.5 Å². The molecule has 0 fully saturated rings. The zero-order valence-corrected chi connectivity index (χ0v) is 22.1. The molecule has 6 nitrogen and oxygen atoms in total. The highest BCUT2D eigenvalue weighted by Crippen LogP contribution is 2.37. The van der Waals surface area contributed by atoms with Crippen molar-refractivity contribution in [1.29, 1.82) is 0 Å². The molecule has 0 saturated heterocycles. The van der Waals surface area contributed by atoms with Gasteiger partial charge in [0, 0.05) is 46.5 Å². The van der Waals surface area contributed by atoms with Crippen molar-refractivity contribution in [3.05, 3.63) is 75.8 Å². The van der Waals surface area contributed by atoms with Crippen LogP contribution in [0, 0.1) is 0 Å². The largest absolute Gasteiger partial charge is 0.352 e. The van der Waals surface area contributed by atoms with Crippen molar-refractivity contribution in [3.63, 3.8) is 0 Å². The second-order valence-electron chi connectivity index (χ2n) is 9.34. The first-order valence-electron chi connectivity index (χ1n) is 12.0. The molecule has 0 aromatic heterocycles. The molecule has 1 aliphatic rings. The van der Waals surface area contributed by atoms with Gasteiger partial charge in [-0.25, -0.2) is 0 Å². The van der Waals surface area contributed by atoms with E-state index in [0.29, 0.717) is 34.1 Å². The molecule has 3 aromatic carbocycles. The van der Waals surface area contributed by atoms with Crippen molar-refractivity contribution in [1.82, 2.24) is 10.2 Å². The lowest BCUT2D eigenvalue weighted by molar-refractivity contribution is -0.140. The average Bonchev–Trinajstić information content (AvgIpc) is 3.11. The van der Waals surface area contributed by atoms with Crippen LogP contribution in [0.2, 0.25) is 10.0 Å². The first-order chi connectivity index (χ1) is 17.2. The Labute approximate surface area is 221 Å². The number of nitrogens with one attached hydrogen (secondary N) is 1. The molecule has 0 bridgehead atoms. The third-order valence-corrected chi connectivity index (χ3v) is 6.96. The second kappa shape index (κ2) is 10.9. The summed E-state index contributed by atoms with van der Waals surface area (Å²) in [5.74, 6) is -0.473. The zero-order valence-electron chi connectivity index (χ0n) is 20.6. The summed E-state index contributed by atoms with van der Waals surface area (Å²) < 4.78 is 0. The summed E-state index contributed by atoms with van der Waals surface area (Å²) in [4.78, 5) is 42.5. The van der Waals surface area contributed by atoms with Gasteiger partial charge in [0.05, 0.1) is 5.69 Å². The van der Waals surface area contributed by atoms with Gasteiger partial charge >= 0.3 is 0 Å². The van der Waals surface area contributed by atoms with Gasteiger partial charge in [-0.05, 0) is 62.4 Å². The molecule has 0 aliphatic carbocycles. The van der Waals surface area contributed by atoms with E-state index in [9.17, 15) is 14.4 Å². The minimum Gasteiger partial charge on any atom is -0.352 e. The summed E-state index contributed by atoms with van der Waals surface area (Å²) in [7, 11) is 0. The van der Waals surface area contributed by atoms with Crippen molar-refractivity contribution in [2.45, 2.75) is 52.2 Å². The van der Waals surface area contributed by atoms with Crippen molar-refractivity contribution in [3.8, 4) is 0 Å². The maximum absolute atomic E-state index is 13.4. The third-order valence-electron chi connectivity index (χ3n) is 6.38. The number of carbonyl (C=O) groups excluding carboxylic acids is 3. The lowest BCUT2D eigenvalue weighted by Gasteiger charge is -2.30. The summed E-state index contributed by atoms with van der Waals surface area (Å²) in [6.45, 7) is 6.03. The van der Waals surface area contributed by atoms with Crippen LogP contribution < -0.4 is 10.2 Å². The molecular formula is C28H29Cl2N3O3. The first-order valence-corrected chi connectivity index (χ1v) is 12.8. The van der Waals surface area contributed by atoms with Gasteiger partial charge in [-0.15, -0.1) is 0 Å². The Morgan fingerprint density at radius 1 is 1.03 bits per heavy atom. The maximum Gasteiger partial charge on any atom is 0.258 e. The quantitative estimate of drug-likeness (QED) is 0.382. The molecule has 188 valence electrons. The summed E-state index contributed by atoms with van der Waals surface area (Å²) >= 11 is 12.4. The molecule has 0 radical (unpaired) electrons. The highest BCUT2D eigenvalue weighted by molar-refractivity contribution is 6.35. The maximum atomic E-state index is 13.4. The van der Waals surface area contributed by atoms with Gasteiger partial charge in [0.2, 0.25) is 11.8 Å². The predicted octanol–water partition coefficient (Wildman–Crippen LogP) is 5.83. The molecule has 3 aromatic rings. The van der Waals surface area contributed by atoms with Gasteiger partial charge in [0.1, 0.15) is 6.04 Å². The number of rotatable bonds is 9. The zero-order chi connectivity index (χ0) is 26.0. The number of benzene rings is 3. The van der Waals surface area contributed by atoms with E-state index in [2.05, 4.69) is 5.32 Å². The summed E-state index contributed by atoms with van der Waals surface area (Å²) in [5.41, 5.74) is 2.26. The molecule has 1 aliphatic heterocycles. The fraction of sp³-hybridized carbons (Fsp3) is 0.321. The minimum atomic E-state index is -0.696. The van der Waals surface area contributed by atoms with Gasteiger partial charge in [0.15, 0.2) is 0 Å². The van der Waals surface area contributed by atoms with E-state index >= 15 is 0 Å². The van der Waals surface area contributed by atoms with Crippen LogP contribution in [0.3, 0.4) is 0 Å². The molecule has 4 rings (SSSR count). The van der Waals surface area contributed by atoms with E-state index in [4.69, 9.17) is 23.2 Å². The molecule has 1 atom stereocenters. The van der Waals surface area contributed by atoms with Gasteiger partial charge in [-0.2, -0.15) is 0 Å². The predicted molar refractivity (Wildman–Crippen MR) is 145 cm³/mol. The molecule has 1 heterocycles. The summed E-state index contributed by atoms with van der Waals surface area (Å²) in [6.07, 6.45) is 0.638. The lowest BCUT2D eigenvalue weighted by atomic mass is 10.1. The smallest absolute Gasteiger partial charge is 0.258 e. The topological polar surface area (TPSA) is 69.7 Å². The van der Waals surface area contributed by atoms with Crippen LogP contribution in [0.5, 0.6) is 0 Å². The Morgan fingerprint density at radius 2 is 1.75 bits per heavy atom. The van der Waals surface area contributed by atoms with Crippen LogP contribution in [0.1, 0.15) is 49.5 Å². The third kappa shape index (κ3) is 5.35. The number of anilines is 1. The van der Waals surface area contributed by atoms with E-state index < -0.39 is 6.04 Å². The molecule has 1 unspecified atom stereocenters. The number of hydrogen-bond donors (Lipinski definition) is 1. The molecule has 1 N–H and O–H groups in total. The van der Waals surface area contributed by atoms with Crippen LogP contribution in [-0.4, -0.2) is 41.2 Å². The van der Waals surface area contributed by atoms with Crippen molar-refractivity contribution in [2.24, 2.45) is 0 Å². The minimum absolute atomic E-state index is 0.0521. The van der Waals surface area contributed by atoms with Crippen molar-refractivity contribution in [2.75, 3.05) is 11.4 Å². The number of halogens is 2. The van der Waals surface area contributed by atoms with E-state index in [1.54, 1.807) is 30.0 Å². The van der Waals surface area contributed by atoms with E-state index in [1.807, 2.05) is 50.2 Å². The van der Waals surface area contributed by atoms with Crippen LogP contribution >= 0.6 is 23.2 Å². The standard InChI is InChI=1S/C28H29Cl2N3O3/c1-17(2)31-27(35)18(3)33(16-20-12-13-21(29)15-23(20)30)25(34)11-6-14-32-24-10-5-8-19-7-4-9-22(26(19)24)28(32)36/h4-5,7-10,12-13,15,17-18H,6,11,14,16H2,1-3H3,(H,31,35). The monoisotopic (exact) mass is 525 g/mol. The Balaban J connectivity index is 1.48. The molecule has 3 amide bonds. The van der Waals surface area contributed by atoms with Crippen LogP contribution in [0.25, 0.3) is 10.8 Å². The lowest BCUT2D eigenvalue weighted by Crippen LogP contribution is -2.49. The number of carbonyl (C=O) groups is 3. The molecule has 0 spiro atoms. The van der Waals surface area contributed by atoms with Gasteiger partial charge < -0.3 is 15.1 Å². The van der Waals surface area contributed by atoms with Crippen LogP contribution in [-0.2, 0) is 16.1 Å². The summed E-state index contributed by atoms with van der Waals surface area (Å²) in [5, 5.41) is 5.78. The second-order valence-corrected chi connectivity index (χ2v) is 10.2. The number of hydrogen-bond acceptors (Lipinski definition) is 3. The number of nitrogens with zero attached hydrogens (tertiary/aromatic N) is 2. The Kier molecular flexibility index (Phi) is 7.86. The van der Waals surface area contributed by atoms with E-state index in [0.717, 1.165) is 16.5 Å². The highest BCUT2D eigenvalue weighted by atomic mass is 35.5. The molecule has 36 heavy (non-hydrogen) atoms. The Bertz CT molecular complexity index is 1320. The Morgan fingerprint density at radius 3 is 2.44 bits per heavy atom. The number of amides is 3. The van der Waals surface area contributed by atoms with Crippen molar-refractivity contribution >= 4 is 57.4 Å². The average molecular weight is 526 g/mol. The fourth-order valence-corrected chi connectivity index (χ4v) is 5.02. The molecule has 0 saturated carbocycles.